The van der Waals surface area contributed by atoms with Crippen LogP contribution >= 0.6 is 0 Å². The summed E-state index contributed by atoms with van der Waals surface area (Å²) in [5.41, 5.74) is 0.568. The number of aromatic nitrogens is 2. The van der Waals surface area contributed by atoms with E-state index in [0.717, 1.165) is 25.8 Å². The van der Waals surface area contributed by atoms with Crippen molar-refractivity contribution in [1.29, 1.82) is 0 Å². The van der Waals surface area contributed by atoms with Crippen molar-refractivity contribution in [3.63, 3.8) is 0 Å². The largest absolute Gasteiger partial charge is 0.362 e. The van der Waals surface area contributed by atoms with Crippen molar-refractivity contribution in [2.24, 2.45) is 4.40 Å². The van der Waals surface area contributed by atoms with Crippen LogP contribution in [0.4, 0.5) is 5.69 Å². The fourth-order valence-electron chi connectivity index (χ4n) is 3.98. The van der Waals surface area contributed by atoms with Crippen LogP contribution in [0.15, 0.2) is 62.6 Å². The molecule has 4 rings (SSSR count). The van der Waals surface area contributed by atoms with Gasteiger partial charge in [0.25, 0.3) is 15.6 Å². The second kappa shape index (κ2) is 9.76. The predicted molar refractivity (Wildman–Crippen MR) is 132 cm³/mol. The van der Waals surface area contributed by atoms with Gasteiger partial charge in [-0.3, -0.25) is 14.2 Å². The molecule has 0 bridgehead atoms. The van der Waals surface area contributed by atoms with Gasteiger partial charge in [-0.25, -0.2) is 4.98 Å². The van der Waals surface area contributed by atoms with Crippen LogP contribution in [0.3, 0.4) is 0 Å². The zero-order valence-corrected chi connectivity index (χ0v) is 20.0. The number of amidine groups is 1. The van der Waals surface area contributed by atoms with Crippen LogP contribution in [0.1, 0.15) is 31.5 Å². The Bertz CT molecular complexity index is 1430. The number of hydrogen-bond donors (Lipinski definition) is 1. The molecule has 1 aliphatic heterocycles. The molecule has 1 saturated heterocycles. The fourth-order valence-corrected chi connectivity index (χ4v) is 5.12. The zero-order valence-electron chi connectivity index (χ0n) is 19.2. The Kier molecular flexibility index (Phi) is 6.78. The predicted octanol–water partition coefficient (Wildman–Crippen LogP) is 2.94. The third-order valence-corrected chi connectivity index (χ3v) is 7.13. The number of para-hydroxylation sites is 1. The average molecular weight is 482 g/mol. The Morgan fingerprint density at radius 3 is 2.74 bits per heavy atom. The number of nitrogens with zero attached hydrogens (tertiary/aromatic N) is 4. The van der Waals surface area contributed by atoms with Crippen molar-refractivity contribution in [3.8, 4) is 0 Å². The first-order chi connectivity index (χ1) is 16.2. The quantitative estimate of drug-likeness (QED) is 0.599. The number of amides is 1. The molecule has 10 heteroatoms. The molecule has 0 unspecified atom stereocenters. The summed E-state index contributed by atoms with van der Waals surface area (Å²) in [6.07, 6.45) is 3.56. The van der Waals surface area contributed by atoms with E-state index in [1.165, 1.54) is 16.7 Å². The summed E-state index contributed by atoms with van der Waals surface area (Å²) in [6.45, 7) is 2.19. The smallest absolute Gasteiger partial charge is 0.284 e. The van der Waals surface area contributed by atoms with Crippen molar-refractivity contribution in [2.75, 3.05) is 18.9 Å². The molecular formula is C24H27N5O4S. The molecular weight excluding hydrogens is 454 g/mol. The molecule has 9 nitrogen and oxygen atoms in total. The Balaban J connectivity index is 1.54. The minimum Gasteiger partial charge on any atom is -0.362 e. The van der Waals surface area contributed by atoms with Gasteiger partial charge in [-0.2, -0.15) is 8.42 Å². The number of rotatable bonds is 5. The van der Waals surface area contributed by atoms with E-state index in [-0.39, 0.29) is 17.0 Å². The van der Waals surface area contributed by atoms with Crippen LogP contribution < -0.4 is 10.9 Å². The van der Waals surface area contributed by atoms with Gasteiger partial charge in [0, 0.05) is 25.7 Å². The van der Waals surface area contributed by atoms with Crippen LogP contribution in [0.25, 0.3) is 10.9 Å². The molecule has 1 N–H and O–H groups in total. The number of carbonyl (C=O) groups excluding carboxylic acids is 1. The Morgan fingerprint density at radius 1 is 1.12 bits per heavy atom. The van der Waals surface area contributed by atoms with Gasteiger partial charge in [0.15, 0.2) is 0 Å². The van der Waals surface area contributed by atoms with Gasteiger partial charge in [-0.1, -0.05) is 24.6 Å². The minimum atomic E-state index is -3.93. The van der Waals surface area contributed by atoms with Crippen LogP contribution in [0.5, 0.6) is 0 Å². The zero-order chi connectivity index (χ0) is 24.3. The summed E-state index contributed by atoms with van der Waals surface area (Å²) in [5, 5.41) is 3.11. The summed E-state index contributed by atoms with van der Waals surface area (Å²) in [4.78, 5) is 31.8. The first kappa shape index (κ1) is 23.6. The first-order valence-corrected chi connectivity index (χ1v) is 12.6. The number of nitrogens with one attached hydrogen (secondary N) is 1. The molecule has 1 aliphatic rings. The topological polar surface area (TPSA) is 114 Å². The van der Waals surface area contributed by atoms with Crippen LogP contribution in [-0.4, -0.2) is 48.2 Å². The van der Waals surface area contributed by atoms with E-state index in [1.807, 2.05) is 11.9 Å². The lowest BCUT2D eigenvalue weighted by Gasteiger charge is -2.17. The van der Waals surface area contributed by atoms with Crippen molar-refractivity contribution in [2.45, 2.75) is 44.0 Å². The molecule has 0 aliphatic carbocycles. The molecule has 0 spiro atoms. The summed E-state index contributed by atoms with van der Waals surface area (Å²) >= 11 is 0. The molecule has 0 saturated carbocycles. The maximum atomic E-state index is 12.9. The van der Waals surface area contributed by atoms with Gasteiger partial charge < -0.3 is 10.2 Å². The molecule has 3 aromatic rings. The van der Waals surface area contributed by atoms with Gasteiger partial charge in [-0.05, 0) is 50.1 Å². The van der Waals surface area contributed by atoms with E-state index in [4.69, 9.17) is 0 Å². The van der Waals surface area contributed by atoms with E-state index in [0.29, 0.717) is 34.7 Å². The lowest BCUT2D eigenvalue weighted by Crippen LogP contribution is -2.30. The number of anilines is 1. The number of likely N-dealkylation sites (tertiary alicyclic amines) is 1. The van der Waals surface area contributed by atoms with Gasteiger partial charge in [-0.15, -0.1) is 4.40 Å². The molecule has 34 heavy (non-hydrogen) atoms. The normalized spacial score (nSPS) is 15.9. The van der Waals surface area contributed by atoms with Crippen molar-refractivity contribution in [1.82, 2.24) is 14.5 Å². The molecule has 2 aromatic carbocycles. The van der Waals surface area contributed by atoms with E-state index in [2.05, 4.69) is 14.7 Å². The number of hydrogen-bond acceptors (Lipinski definition) is 5. The average Bonchev–Trinajstić information content (AvgIpc) is 3.00. The molecule has 1 amide bonds. The Morgan fingerprint density at radius 2 is 1.91 bits per heavy atom. The monoisotopic (exact) mass is 481 g/mol. The van der Waals surface area contributed by atoms with E-state index < -0.39 is 15.9 Å². The second-order valence-electron chi connectivity index (χ2n) is 8.36. The number of aryl methyl sites for hydroxylation is 1. The van der Waals surface area contributed by atoms with Gasteiger partial charge >= 0.3 is 0 Å². The van der Waals surface area contributed by atoms with Crippen molar-refractivity contribution < 1.29 is 13.2 Å². The number of sulfonamides is 1. The lowest BCUT2D eigenvalue weighted by atomic mass is 10.2. The molecule has 1 aromatic heterocycles. The molecule has 2 heterocycles. The highest BCUT2D eigenvalue weighted by molar-refractivity contribution is 7.90. The van der Waals surface area contributed by atoms with Gasteiger partial charge in [0.1, 0.15) is 18.2 Å². The summed E-state index contributed by atoms with van der Waals surface area (Å²) in [7, 11) is -2.09. The van der Waals surface area contributed by atoms with Gasteiger partial charge in [0.05, 0.1) is 15.8 Å². The third-order valence-electron chi connectivity index (χ3n) is 5.83. The lowest BCUT2D eigenvalue weighted by molar-refractivity contribution is -0.116. The van der Waals surface area contributed by atoms with Crippen LogP contribution in [0, 0.1) is 6.92 Å². The Hall–Kier alpha value is -3.53. The van der Waals surface area contributed by atoms with Crippen molar-refractivity contribution >= 4 is 38.4 Å². The summed E-state index contributed by atoms with van der Waals surface area (Å²) in [5.74, 6) is 0.496. The van der Waals surface area contributed by atoms with Crippen LogP contribution in [-0.2, 0) is 21.4 Å². The second-order valence-corrected chi connectivity index (χ2v) is 9.96. The Labute approximate surface area is 198 Å². The fraction of sp³-hybridized carbons (Fsp3) is 0.333. The SMILES string of the molecule is Cc1nc2ccccc2c(=O)n1CC(=O)Nc1cccc(S(=O)(=O)/N=C2/CCCCCN2C)c1. The number of fused-ring (bicyclic) bond motifs is 1. The summed E-state index contributed by atoms with van der Waals surface area (Å²) < 4.78 is 31.2. The first-order valence-electron chi connectivity index (χ1n) is 11.2. The summed E-state index contributed by atoms with van der Waals surface area (Å²) in [6, 6.07) is 12.9. The van der Waals surface area contributed by atoms with E-state index in [9.17, 15) is 18.0 Å². The van der Waals surface area contributed by atoms with E-state index in [1.54, 1.807) is 43.3 Å². The maximum Gasteiger partial charge on any atom is 0.284 e. The number of benzene rings is 2. The minimum absolute atomic E-state index is 0.00355. The highest BCUT2D eigenvalue weighted by atomic mass is 32.2. The highest BCUT2D eigenvalue weighted by Crippen LogP contribution is 2.20. The molecule has 1 fully saturated rings. The van der Waals surface area contributed by atoms with Gasteiger partial charge in [0.2, 0.25) is 5.91 Å². The van der Waals surface area contributed by atoms with Crippen LogP contribution in [0.2, 0.25) is 0 Å². The molecule has 0 atom stereocenters. The highest BCUT2D eigenvalue weighted by Gasteiger charge is 2.19. The molecule has 0 radical (unpaired) electrons. The number of carbonyl (C=O) groups is 1. The third kappa shape index (κ3) is 5.17. The maximum absolute atomic E-state index is 12.9. The molecule has 178 valence electrons. The van der Waals surface area contributed by atoms with E-state index >= 15 is 0 Å². The van der Waals surface area contributed by atoms with Crippen molar-refractivity contribution in [3.05, 3.63) is 64.7 Å². The standard InChI is InChI=1S/C24H27N5O4S/c1-17-25-21-12-6-5-11-20(21)24(31)29(17)16-23(30)26-18-9-8-10-19(15-18)34(32,33)27-22-13-4-3-7-14-28(22)2/h5-6,8-12,15H,3-4,7,13-14,16H2,1-2H3,(H,26,30)/b27-22-.